The molecule has 22 heavy (non-hydrogen) atoms. The van der Waals surface area contributed by atoms with Gasteiger partial charge in [0.25, 0.3) is 5.91 Å². The highest BCUT2D eigenvalue weighted by Crippen LogP contribution is 2.20. The summed E-state index contributed by atoms with van der Waals surface area (Å²) in [5, 5.41) is 0.326. The zero-order valence-electron chi connectivity index (χ0n) is 11.6. The Morgan fingerprint density at radius 1 is 1.27 bits per heavy atom. The van der Waals surface area contributed by atoms with Crippen LogP contribution in [0.1, 0.15) is 11.1 Å². The van der Waals surface area contributed by atoms with E-state index in [0.29, 0.717) is 16.3 Å². The van der Waals surface area contributed by atoms with Crippen LogP contribution in [0.3, 0.4) is 0 Å². The molecule has 0 aliphatic carbocycles. The molecule has 0 heterocycles. The fourth-order valence-corrected chi connectivity index (χ4v) is 1.92. The third-order valence-electron chi connectivity index (χ3n) is 2.86. The minimum Gasteiger partial charge on any atom is -0.489 e. The zero-order valence-corrected chi connectivity index (χ0v) is 12.3. The molecule has 0 saturated heterocycles. The standard InChI is InChI=1S/C16H14ClFN2O2/c17-15-9-13(18)5-4-12(15)10-22-14-6-1-11(2-7-14)3-8-16(21)20-19/h1-9H,10,19H2,(H,20,21)/b8-3+. The molecule has 0 fully saturated rings. The Labute approximate surface area is 132 Å². The number of amides is 1. The summed E-state index contributed by atoms with van der Waals surface area (Å²) in [6, 6.07) is 11.3. The van der Waals surface area contributed by atoms with Crippen LogP contribution in [0.2, 0.25) is 5.02 Å². The van der Waals surface area contributed by atoms with Gasteiger partial charge in [-0.3, -0.25) is 10.2 Å². The maximum atomic E-state index is 12.9. The van der Waals surface area contributed by atoms with Crippen LogP contribution in [-0.4, -0.2) is 5.91 Å². The highest BCUT2D eigenvalue weighted by Gasteiger charge is 2.03. The molecule has 6 heteroatoms. The maximum Gasteiger partial charge on any atom is 0.257 e. The molecule has 0 saturated carbocycles. The van der Waals surface area contributed by atoms with Crippen molar-refractivity contribution in [1.82, 2.24) is 5.43 Å². The topological polar surface area (TPSA) is 64.3 Å². The van der Waals surface area contributed by atoms with Crippen molar-refractivity contribution in [3.05, 3.63) is 70.5 Å². The first-order chi connectivity index (χ1) is 10.6. The first kappa shape index (κ1) is 16.0. The van der Waals surface area contributed by atoms with Crippen LogP contribution in [0.5, 0.6) is 5.75 Å². The Morgan fingerprint density at radius 3 is 2.64 bits per heavy atom. The molecule has 0 spiro atoms. The Morgan fingerprint density at radius 2 is 2.00 bits per heavy atom. The smallest absolute Gasteiger partial charge is 0.257 e. The molecule has 0 bridgehead atoms. The van der Waals surface area contributed by atoms with Crippen molar-refractivity contribution >= 4 is 23.6 Å². The van der Waals surface area contributed by atoms with E-state index in [1.807, 2.05) is 5.43 Å². The summed E-state index contributed by atoms with van der Waals surface area (Å²) in [6.45, 7) is 0.240. The van der Waals surface area contributed by atoms with Gasteiger partial charge in [0.1, 0.15) is 18.2 Å². The largest absolute Gasteiger partial charge is 0.489 e. The van der Waals surface area contributed by atoms with Gasteiger partial charge in [0.05, 0.1) is 5.02 Å². The molecule has 0 atom stereocenters. The predicted molar refractivity (Wildman–Crippen MR) is 83.5 cm³/mol. The van der Waals surface area contributed by atoms with Crippen molar-refractivity contribution in [2.45, 2.75) is 6.61 Å². The first-order valence-corrected chi connectivity index (χ1v) is 6.82. The summed E-state index contributed by atoms with van der Waals surface area (Å²) in [5.41, 5.74) is 3.53. The van der Waals surface area contributed by atoms with Gasteiger partial charge in [-0.05, 0) is 35.9 Å². The average Bonchev–Trinajstić information content (AvgIpc) is 2.52. The van der Waals surface area contributed by atoms with Crippen LogP contribution in [0.15, 0.2) is 48.5 Å². The summed E-state index contributed by atoms with van der Waals surface area (Å²) < 4.78 is 18.5. The van der Waals surface area contributed by atoms with Crippen LogP contribution in [0.4, 0.5) is 4.39 Å². The molecule has 0 radical (unpaired) electrons. The number of halogens is 2. The fraction of sp³-hybridized carbons (Fsp3) is 0.0625. The van der Waals surface area contributed by atoms with Crippen molar-refractivity contribution in [3.63, 3.8) is 0 Å². The number of carbonyl (C=O) groups is 1. The predicted octanol–water partition coefficient (Wildman–Crippen LogP) is 3.06. The molecule has 2 rings (SSSR count). The van der Waals surface area contributed by atoms with Crippen molar-refractivity contribution in [1.29, 1.82) is 0 Å². The third-order valence-corrected chi connectivity index (χ3v) is 3.21. The lowest BCUT2D eigenvalue weighted by Gasteiger charge is -2.08. The molecule has 3 N–H and O–H groups in total. The maximum absolute atomic E-state index is 12.9. The minimum atomic E-state index is -0.383. The second-order valence-corrected chi connectivity index (χ2v) is 4.84. The lowest BCUT2D eigenvalue weighted by Crippen LogP contribution is -2.27. The Bertz CT molecular complexity index is 687. The molecule has 4 nitrogen and oxygen atoms in total. The Kier molecular flexibility index (Phi) is 5.52. The van der Waals surface area contributed by atoms with E-state index in [9.17, 15) is 9.18 Å². The van der Waals surface area contributed by atoms with E-state index in [1.54, 1.807) is 36.4 Å². The van der Waals surface area contributed by atoms with Crippen molar-refractivity contribution in [3.8, 4) is 5.75 Å². The number of hydrogen-bond acceptors (Lipinski definition) is 3. The summed E-state index contributed by atoms with van der Waals surface area (Å²) in [5.74, 6) is 4.85. The van der Waals surface area contributed by atoms with Crippen LogP contribution < -0.4 is 16.0 Å². The number of benzene rings is 2. The SMILES string of the molecule is NNC(=O)/C=C/c1ccc(OCc2ccc(F)cc2Cl)cc1. The van der Waals surface area contributed by atoms with Gasteiger partial charge < -0.3 is 4.74 Å². The summed E-state index contributed by atoms with van der Waals surface area (Å²) in [6.07, 6.45) is 2.96. The lowest BCUT2D eigenvalue weighted by molar-refractivity contribution is -0.116. The van der Waals surface area contributed by atoms with Gasteiger partial charge >= 0.3 is 0 Å². The number of nitrogens with two attached hydrogens (primary N) is 1. The number of carbonyl (C=O) groups excluding carboxylic acids is 1. The summed E-state index contributed by atoms with van der Waals surface area (Å²) in [4.78, 5) is 11.0. The molecule has 0 aliphatic rings. The van der Waals surface area contributed by atoms with E-state index < -0.39 is 0 Å². The quantitative estimate of drug-likeness (QED) is 0.385. The second-order valence-electron chi connectivity index (χ2n) is 4.44. The molecule has 2 aromatic rings. The van der Waals surface area contributed by atoms with Gasteiger partial charge in [-0.25, -0.2) is 10.2 Å². The molecule has 2 aromatic carbocycles. The van der Waals surface area contributed by atoms with E-state index in [1.165, 1.54) is 18.2 Å². The highest BCUT2D eigenvalue weighted by molar-refractivity contribution is 6.31. The fourth-order valence-electron chi connectivity index (χ4n) is 1.70. The molecule has 0 aromatic heterocycles. The van der Waals surface area contributed by atoms with Crippen LogP contribution in [-0.2, 0) is 11.4 Å². The molecular formula is C16H14ClFN2O2. The van der Waals surface area contributed by atoms with E-state index >= 15 is 0 Å². The van der Waals surface area contributed by atoms with Crippen molar-refractivity contribution in [2.24, 2.45) is 5.84 Å². The monoisotopic (exact) mass is 320 g/mol. The zero-order chi connectivity index (χ0) is 15.9. The average molecular weight is 321 g/mol. The van der Waals surface area contributed by atoms with Crippen molar-refractivity contribution in [2.75, 3.05) is 0 Å². The van der Waals surface area contributed by atoms with E-state index in [2.05, 4.69) is 0 Å². The molecule has 1 amide bonds. The molecule has 114 valence electrons. The first-order valence-electron chi connectivity index (χ1n) is 6.44. The molecular weight excluding hydrogens is 307 g/mol. The van der Waals surface area contributed by atoms with Gasteiger partial charge in [0, 0.05) is 11.6 Å². The molecule has 0 unspecified atom stereocenters. The van der Waals surface area contributed by atoms with E-state index in [0.717, 1.165) is 5.56 Å². The van der Waals surface area contributed by atoms with Gasteiger partial charge in [-0.1, -0.05) is 29.8 Å². The number of nitrogens with one attached hydrogen (secondary N) is 1. The summed E-state index contributed by atoms with van der Waals surface area (Å²) in [7, 11) is 0. The normalized spacial score (nSPS) is 10.7. The van der Waals surface area contributed by atoms with Gasteiger partial charge in [-0.15, -0.1) is 0 Å². The Balaban J connectivity index is 1.96. The van der Waals surface area contributed by atoms with Gasteiger partial charge in [0.15, 0.2) is 0 Å². The Hall–Kier alpha value is -2.37. The second kappa shape index (κ2) is 7.59. The molecule has 0 aliphatic heterocycles. The number of hydrazine groups is 1. The van der Waals surface area contributed by atoms with Crippen LogP contribution >= 0.6 is 11.6 Å². The van der Waals surface area contributed by atoms with Crippen LogP contribution in [0, 0.1) is 5.82 Å². The minimum absolute atomic E-state index is 0.240. The van der Waals surface area contributed by atoms with Crippen LogP contribution in [0.25, 0.3) is 6.08 Å². The summed E-state index contributed by atoms with van der Waals surface area (Å²) >= 11 is 5.93. The van der Waals surface area contributed by atoms with Gasteiger partial charge in [-0.2, -0.15) is 0 Å². The van der Waals surface area contributed by atoms with Crippen molar-refractivity contribution < 1.29 is 13.9 Å². The van der Waals surface area contributed by atoms with E-state index in [-0.39, 0.29) is 18.3 Å². The third kappa shape index (κ3) is 4.58. The number of rotatable bonds is 5. The van der Waals surface area contributed by atoms with Gasteiger partial charge in [0.2, 0.25) is 0 Å². The highest BCUT2D eigenvalue weighted by atomic mass is 35.5. The number of ether oxygens (including phenoxy) is 1. The number of hydrogen-bond donors (Lipinski definition) is 2. The lowest BCUT2D eigenvalue weighted by atomic mass is 10.2. The van der Waals surface area contributed by atoms with E-state index in [4.69, 9.17) is 22.2 Å².